The van der Waals surface area contributed by atoms with E-state index in [1.807, 2.05) is 18.2 Å². The molecular weight excluding hydrogens is 250 g/mol. The van der Waals surface area contributed by atoms with Gasteiger partial charge in [-0.05, 0) is 37.0 Å². The maximum Gasteiger partial charge on any atom is 0.309 e. The Morgan fingerprint density at radius 2 is 2.22 bits per heavy atom. The number of aliphatic carboxylic acids is 1. The Balaban J connectivity index is 1.83. The first-order valence-electron chi connectivity index (χ1n) is 5.88. The van der Waals surface area contributed by atoms with Crippen molar-refractivity contribution < 1.29 is 14.7 Å². The van der Waals surface area contributed by atoms with Gasteiger partial charge in [0.05, 0.1) is 16.9 Å². The highest BCUT2D eigenvalue weighted by Crippen LogP contribution is 2.49. The van der Waals surface area contributed by atoms with E-state index in [0.717, 1.165) is 29.0 Å². The molecule has 0 saturated heterocycles. The molecule has 0 spiro atoms. The topological polar surface area (TPSA) is 66.4 Å². The summed E-state index contributed by atoms with van der Waals surface area (Å²) in [6, 6.07) is 5.78. The van der Waals surface area contributed by atoms with Crippen LogP contribution in [0.2, 0.25) is 0 Å². The molecule has 1 aliphatic heterocycles. The van der Waals surface area contributed by atoms with Gasteiger partial charge in [-0.25, -0.2) is 0 Å². The van der Waals surface area contributed by atoms with E-state index in [1.165, 1.54) is 11.8 Å². The van der Waals surface area contributed by atoms with E-state index in [9.17, 15) is 14.7 Å². The largest absolute Gasteiger partial charge is 0.481 e. The number of carbonyl (C=O) groups is 2. The van der Waals surface area contributed by atoms with Crippen LogP contribution < -0.4 is 5.32 Å². The Hall–Kier alpha value is -1.49. The Morgan fingerprint density at radius 1 is 1.44 bits per heavy atom. The smallest absolute Gasteiger partial charge is 0.309 e. The zero-order valence-electron chi connectivity index (χ0n) is 9.73. The summed E-state index contributed by atoms with van der Waals surface area (Å²) in [5.41, 5.74) is 1.34. The first kappa shape index (κ1) is 11.6. The van der Waals surface area contributed by atoms with Gasteiger partial charge in [0.15, 0.2) is 0 Å². The molecule has 0 radical (unpaired) electrons. The lowest BCUT2D eigenvalue weighted by Crippen LogP contribution is -2.20. The van der Waals surface area contributed by atoms with Crippen LogP contribution in [0.4, 0.5) is 5.69 Å². The minimum absolute atomic E-state index is 0.0180. The van der Waals surface area contributed by atoms with Gasteiger partial charge in [-0.1, -0.05) is 6.07 Å². The predicted molar refractivity (Wildman–Crippen MR) is 68.8 cm³/mol. The number of carboxylic acid groups (broad SMARTS) is 1. The van der Waals surface area contributed by atoms with Crippen molar-refractivity contribution in [3.8, 4) is 0 Å². The van der Waals surface area contributed by atoms with Crippen LogP contribution in [0.25, 0.3) is 0 Å². The summed E-state index contributed by atoms with van der Waals surface area (Å²) in [5, 5.41) is 12.0. The van der Waals surface area contributed by atoms with Gasteiger partial charge in [-0.15, -0.1) is 11.8 Å². The average molecular weight is 263 g/mol. The van der Waals surface area contributed by atoms with Gasteiger partial charge in [0.1, 0.15) is 0 Å². The Labute approximate surface area is 109 Å². The average Bonchev–Trinajstić information content (AvgIpc) is 3.10. The van der Waals surface area contributed by atoms with Gasteiger partial charge in [0.2, 0.25) is 5.91 Å². The van der Waals surface area contributed by atoms with Crippen molar-refractivity contribution >= 4 is 29.3 Å². The van der Waals surface area contributed by atoms with Crippen LogP contribution in [-0.4, -0.2) is 22.7 Å². The lowest BCUT2D eigenvalue weighted by molar-refractivity contribution is -0.143. The lowest BCUT2D eigenvalue weighted by atomic mass is 9.96. The van der Waals surface area contributed by atoms with Crippen LogP contribution in [0.5, 0.6) is 0 Å². The molecule has 1 amide bonds. The zero-order valence-corrected chi connectivity index (χ0v) is 10.5. The van der Waals surface area contributed by atoms with Gasteiger partial charge in [-0.2, -0.15) is 0 Å². The van der Waals surface area contributed by atoms with Crippen LogP contribution in [0.3, 0.4) is 0 Å². The standard InChI is InChI=1S/C13H13NO3S/c15-11-7-18-10-5-8(1-2-9(10)14-11)6-13(3-4-13)12(16)17/h1-2,5H,3-4,6-7H2,(H,14,15)(H,16,17). The molecule has 2 N–H and O–H groups in total. The fourth-order valence-electron chi connectivity index (χ4n) is 2.24. The van der Waals surface area contributed by atoms with Crippen LogP contribution in [0.15, 0.2) is 23.1 Å². The molecule has 0 aromatic heterocycles. The predicted octanol–water partition coefficient (Wildman–Crippen LogP) is 2.14. The molecule has 0 bridgehead atoms. The lowest BCUT2D eigenvalue weighted by Gasteiger charge is -2.18. The summed E-state index contributed by atoms with van der Waals surface area (Å²) in [5.74, 6) is -0.244. The third-order valence-corrected chi connectivity index (χ3v) is 4.58. The first-order chi connectivity index (χ1) is 8.59. The summed E-state index contributed by atoms with van der Waals surface area (Å²) in [6.45, 7) is 0. The van der Waals surface area contributed by atoms with Crippen molar-refractivity contribution in [2.45, 2.75) is 24.2 Å². The summed E-state index contributed by atoms with van der Waals surface area (Å²) >= 11 is 1.51. The zero-order chi connectivity index (χ0) is 12.8. The number of thioether (sulfide) groups is 1. The van der Waals surface area contributed by atoms with Crippen LogP contribution in [0.1, 0.15) is 18.4 Å². The van der Waals surface area contributed by atoms with Gasteiger partial charge in [-0.3, -0.25) is 9.59 Å². The van der Waals surface area contributed by atoms with Gasteiger partial charge < -0.3 is 10.4 Å². The number of carbonyl (C=O) groups excluding carboxylic acids is 1. The van der Waals surface area contributed by atoms with E-state index in [2.05, 4.69) is 5.32 Å². The highest BCUT2D eigenvalue weighted by molar-refractivity contribution is 8.00. The Kier molecular flexibility index (Phi) is 2.59. The maximum absolute atomic E-state index is 11.2. The number of hydrogen-bond acceptors (Lipinski definition) is 3. The maximum atomic E-state index is 11.2. The second-order valence-electron chi connectivity index (χ2n) is 4.93. The van der Waals surface area contributed by atoms with Crippen molar-refractivity contribution in [3.05, 3.63) is 23.8 Å². The molecular formula is C13H13NO3S. The highest BCUT2D eigenvalue weighted by Gasteiger charge is 2.49. The van der Waals surface area contributed by atoms with E-state index in [1.54, 1.807) is 0 Å². The van der Waals surface area contributed by atoms with E-state index in [0.29, 0.717) is 12.2 Å². The third-order valence-electron chi connectivity index (χ3n) is 3.53. The van der Waals surface area contributed by atoms with Crippen LogP contribution in [0, 0.1) is 5.41 Å². The molecule has 0 atom stereocenters. The number of fused-ring (bicyclic) bond motifs is 1. The van der Waals surface area contributed by atoms with Crippen LogP contribution >= 0.6 is 11.8 Å². The Morgan fingerprint density at radius 3 is 2.89 bits per heavy atom. The normalized spacial score (nSPS) is 19.9. The molecule has 18 heavy (non-hydrogen) atoms. The van der Waals surface area contributed by atoms with Gasteiger partial charge in [0, 0.05) is 4.90 Å². The number of anilines is 1. The number of benzene rings is 1. The van der Waals surface area contributed by atoms with Crippen LogP contribution in [-0.2, 0) is 16.0 Å². The fourth-order valence-corrected chi connectivity index (χ4v) is 3.10. The van der Waals surface area contributed by atoms with Gasteiger partial charge in [0.25, 0.3) is 0 Å². The van der Waals surface area contributed by atoms with Crippen molar-refractivity contribution in [1.29, 1.82) is 0 Å². The second kappa shape index (κ2) is 4.02. The quantitative estimate of drug-likeness (QED) is 0.876. The molecule has 1 heterocycles. The summed E-state index contributed by atoms with van der Waals surface area (Å²) in [7, 11) is 0. The van der Waals surface area contributed by atoms with Crippen molar-refractivity contribution in [2.24, 2.45) is 5.41 Å². The van der Waals surface area contributed by atoms with Crippen molar-refractivity contribution in [2.75, 3.05) is 11.1 Å². The van der Waals surface area contributed by atoms with E-state index >= 15 is 0 Å². The molecule has 1 aromatic carbocycles. The minimum Gasteiger partial charge on any atom is -0.481 e. The molecule has 1 saturated carbocycles. The first-order valence-corrected chi connectivity index (χ1v) is 6.87. The number of nitrogens with one attached hydrogen (secondary N) is 1. The fraction of sp³-hybridized carbons (Fsp3) is 0.385. The molecule has 0 unspecified atom stereocenters. The number of hydrogen-bond donors (Lipinski definition) is 2. The van der Waals surface area contributed by atoms with E-state index in [-0.39, 0.29) is 5.91 Å². The summed E-state index contributed by atoms with van der Waals surface area (Å²) < 4.78 is 0. The monoisotopic (exact) mass is 263 g/mol. The molecule has 1 aromatic rings. The summed E-state index contributed by atoms with van der Waals surface area (Å²) in [6.07, 6.45) is 2.12. The van der Waals surface area contributed by atoms with E-state index in [4.69, 9.17) is 0 Å². The Bertz CT molecular complexity index is 537. The molecule has 1 fully saturated rings. The highest BCUT2D eigenvalue weighted by atomic mass is 32.2. The number of carboxylic acids is 1. The third kappa shape index (κ3) is 1.99. The van der Waals surface area contributed by atoms with Crippen molar-refractivity contribution in [1.82, 2.24) is 0 Å². The minimum atomic E-state index is -0.693. The molecule has 5 heteroatoms. The van der Waals surface area contributed by atoms with Gasteiger partial charge >= 0.3 is 5.97 Å². The second-order valence-corrected chi connectivity index (χ2v) is 5.95. The molecule has 4 nitrogen and oxygen atoms in total. The molecule has 1 aliphatic carbocycles. The molecule has 3 rings (SSSR count). The summed E-state index contributed by atoms with van der Waals surface area (Å²) in [4.78, 5) is 23.4. The van der Waals surface area contributed by atoms with E-state index < -0.39 is 11.4 Å². The molecule has 94 valence electrons. The van der Waals surface area contributed by atoms with Crippen molar-refractivity contribution in [3.63, 3.8) is 0 Å². The molecule has 2 aliphatic rings. The number of amides is 1. The SMILES string of the molecule is O=C1CSc2cc(CC3(C(=O)O)CC3)ccc2N1. The number of rotatable bonds is 3.